The average Bonchev–Trinajstić information content (AvgIpc) is 2.49. The van der Waals surface area contributed by atoms with E-state index in [1.165, 1.54) is 18.5 Å². The lowest BCUT2D eigenvalue weighted by Crippen LogP contribution is -1.92. The fourth-order valence-corrected chi connectivity index (χ4v) is 0.934. The molecule has 0 atom stereocenters. The van der Waals surface area contributed by atoms with E-state index in [0.29, 0.717) is 0 Å². The van der Waals surface area contributed by atoms with Crippen LogP contribution in [-0.2, 0) is 0 Å². The second-order valence-electron chi connectivity index (χ2n) is 2.34. The van der Waals surface area contributed by atoms with Crippen molar-refractivity contribution >= 4 is 0 Å². The third-order valence-corrected chi connectivity index (χ3v) is 1.57. The lowest BCUT2D eigenvalue weighted by molar-refractivity contribution is 0.888. The van der Waals surface area contributed by atoms with Crippen molar-refractivity contribution in [1.29, 1.82) is 0 Å². The maximum Gasteiger partial charge on any atom is 0.0435 e. The molecule has 2 rings (SSSR count). The van der Waals surface area contributed by atoms with Gasteiger partial charge in [0.25, 0.3) is 0 Å². The summed E-state index contributed by atoms with van der Waals surface area (Å²) >= 11 is 0. The third-order valence-electron chi connectivity index (χ3n) is 1.57. The molecule has 0 aromatic carbocycles. The summed E-state index contributed by atoms with van der Waals surface area (Å²) in [6.07, 6.45) is 8.70. The summed E-state index contributed by atoms with van der Waals surface area (Å²) in [5.74, 6) is 0.824. The summed E-state index contributed by atoms with van der Waals surface area (Å²) in [6.45, 7) is 0. The minimum atomic E-state index is 0.824. The molecule has 0 unspecified atom stereocenters. The highest BCUT2D eigenvalue weighted by atomic mass is 14.9. The summed E-state index contributed by atoms with van der Waals surface area (Å²) in [6, 6.07) is 0. The van der Waals surface area contributed by atoms with E-state index < -0.39 is 0 Å². The van der Waals surface area contributed by atoms with Crippen LogP contribution in [0.3, 0.4) is 0 Å². The minimum absolute atomic E-state index is 0.824. The highest BCUT2D eigenvalue weighted by molar-refractivity contribution is 5.24. The molecule has 0 spiro atoms. The van der Waals surface area contributed by atoms with Gasteiger partial charge in [-0.1, -0.05) is 0 Å². The first-order valence-electron chi connectivity index (χ1n) is 3.04. The zero-order valence-electron chi connectivity index (χ0n) is 4.67. The van der Waals surface area contributed by atoms with Crippen molar-refractivity contribution in [3.8, 4) is 0 Å². The van der Waals surface area contributed by atoms with Crippen molar-refractivity contribution in [3.63, 3.8) is 0 Å². The van der Waals surface area contributed by atoms with Crippen LogP contribution < -0.4 is 5.32 Å². The molecule has 0 saturated heterocycles. The number of hydrogen-bond donors (Lipinski definition) is 0. The molecule has 1 heteroatoms. The Kier molecular flexibility index (Phi) is 0.720. The molecule has 0 aromatic heterocycles. The van der Waals surface area contributed by atoms with Crippen molar-refractivity contribution in [2.75, 3.05) is 0 Å². The molecular weight excluding hydrogens is 98.1 g/mol. The van der Waals surface area contributed by atoms with Crippen LogP contribution in [0.25, 0.3) is 0 Å². The summed E-state index contributed by atoms with van der Waals surface area (Å²) in [4.78, 5) is 0. The Morgan fingerprint density at radius 1 is 1.50 bits per heavy atom. The topological polar surface area (TPSA) is 14.1 Å². The first-order chi connectivity index (χ1) is 3.97. The Labute approximate surface area is 49.1 Å². The number of hydrogen-bond acceptors (Lipinski definition) is 0. The highest BCUT2D eigenvalue weighted by Crippen LogP contribution is 2.36. The second kappa shape index (κ2) is 1.38. The van der Waals surface area contributed by atoms with Gasteiger partial charge in [0.15, 0.2) is 0 Å². The van der Waals surface area contributed by atoms with E-state index in [9.17, 15) is 0 Å². The first-order valence-corrected chi connectivity index (χ1v) is 3.04. The van der Waals surface area contributed by atoms with Gasteiger partial charge in [0.05, 0.1) is 0 Å². The van der Waals surface area contributed by atoms with Crippen LogP contribution in [0.2, 0.25) is 0 Å². The van der Waals surface area contributed by atoms with Crippen LogP contribution in [0.1, 0.15) is 12.8 Å². The maximum absolute atomic E-state index is 4.18. The van der Waals surface area contributed by atoms with Gasteiger partial charge in [0.2, 0.25) is 0 Å². The molecule has 0 bridgehead atoms. The molecule has 41 valence electrons. The van der Waals surface area contributed by atoms with E-state index in [4.69, 9.17) is 0 Å². The van der Waals surface area contributed by atoms with Gasteiger partial charge < -0.3 is 0 Å². The smallest absolute Gasteiger partial charge is 0.0435 e. The van der Waals surface area contributed by atoms with Gasteiger partial charge in [-0.25, -0.2) is 0 Å². The SMILES string of the molecule is C1=C[N]C(C2CC2)=C1. The fourth-order valence-electron chi connectivity index (χ4n) is 0.934. The fraction of sp³-hybridized carbons (Fsp3) is 0.429. The van der Waals surface area contributed by atoms with Crippen molar-refractivity contribution < 1.29 is 0 Å². The number of rotatable bonds is 1. The molecule has 1 radical (unpaired) electrons. The zero-order valence-corrected chi connectivity index (χ0v) is 4.67. The van der Waals surface area contributed by atoms with Gasteiger partial charge in [-0.3, -0.25) is 5.32 Å². The predicted molar refractivity (Wildman–Crippen MR) is 32.1 cm³/mol. The van der Waals surface area contributed by atoms with Crippen LogP contribution in [0.4, 0.5) is 0 Å². The molecule has 0 N–H and O–H groups in total. The van der Waals surface area contributed by atoms with Gasteiger partial charge in [-0.2, -0.15) is 0 Å². The molecule has 1 heterocycles. The molecule has 1 aliphatic heterocycles. The molecule has 1 aliphatic carbocycles. The van der Waals surface area contributed by atoms with E-state index in [1.807, 2.05) is 12.3 Å². The van der Waals surface area contributed by atoms with Crippen molar-refractivity contribution in [1.82, 2.24) is 5.32 Å². The van der Waals surface area contributed by atoms with Gasteiger partial charge in [-0.05, 0) is 25.0 Å². The van der Waals surface area contributed by atoms with Gasteiger partial charge >= 0.3 is 0 Å². The lowest BCUT2D eigenvalue weighted by Gasteiger charge is -1.92. The van der Waals surface area contributed by atoms with Gasteiger partial charge in [0.1, 0.15) is 0 Å². The summed E-state index contributed by atoms with van der Waals surface area (Å²) < 4.78 is 0. The summed E-state index contributed by atoms with van der Waals surface area (Å²) in [5.41, 5.74) is 1.30. The quantitative estimate of drug-likeness (QED) is 0.480. The molecule has 1 nitrogen and oxygen atoms in total. The van der Waals surface area contributed by atoms with Crippen LogP contribution in [0, 0.1) is 5.92 Å². The first kappa shape index (κ1) is 4.19. The third kappa shape index (κ3) is 0.548. The van der Waals surface area contributed by atoms with E-state index in [2.05, 4.69) is 11.4 Å². The lowest BCUT2D eigenvalue weighted by atomic mass is 10.3. The van der Waals surface area contributed by atoms with Crippen molar-refractivity contribution in [2.45, 2.75) is 12.8 Å². The Morgan fingerprint density at radius 3 is 2.88 bits per heavy atom. The minimum Gasteiger partial charge on any atom is -0.261 e. The molecule has 0 aromatic rings. The molecule has 8 heavy (non-hydrogen) atoms. The molecule has 1 saturated carbocycles. The van der Waals surface area contributed by atoms with E-state index in [1.54, 1.807) is 0 Å². The monoisotopic (exact) mass is 106 g/mol. The summed E-state index contributed by atoms with van der Waals surface area (Å²) in [5, 5.41) is 4.18. The maximum atomic E-state index is 4.18. The Bertz CT molecular complexity index is 152. The highest BCUT2D eigenvalue weighted by Gasteiger charge is 2.26. The van der Waals surface area contributed by atoms with Crippen LogP contribution in [-0.4, -0.2) is 0 Å². The number of nitrogens with zero attached hydrogens (tertiary/aromatic N) is 1. The Hall–Kier alpha value is -0.720. The van der Waals surface area contributed by atoms with Crippen LogP contribution in [0.15, 0.2) is 24.0 Å². The predicted octanol–water partition coefficient (Wildman–Crippen LogP) is 1.41. The Balaban J connectivity index is 2.07. The average molecular weight is 106 g/mol. The standard InChI is InChI=1S/C7H8N/c1-2-7(8-5-1)6-3-4-6/h1-2,5-6H,3-4H2. The van der Waals surface area contributed by atoms with Gasteiger partial charge in [0, 0.05) is 17.8 Å². The second-order valence-corrected chi connectivity index (χ2v) is 2.34. The molecule has 1 fully saturated rings. The number of allylic oxidation sites excluding steroid dienone is 3. The van der Waals surface area contributed by atoms with Crippen LogP contribution >= 0.6 is 0 Å². The molecule has 2 aliphatic rings. The molecular formula is C7H8N. The molecule has 0 amide bonds. The van der Waals surface area contributed by atoms with E-state index in [-0.39, 0.29) is 0 Å². The van der Waals surface area contributed by atoms with E-state index >= 15 is 0 Å². The summed E-state index contributed by atoms with van der Waals surface area (Å²) in [7, 11) is 0. The Morgan fingerprint density at radius 2 is 2.38 bits per heavy atom. The zero-order chi connectivity index (χ0) is 5.40. The van der Waals surface area contributed by atoms with E-state index in [0.717, 1.165) is 5.92 Å². The van der Waals surface area contributed by atoms with Gasteiger partial charge in [-0.15, -0.1) is 0 Å². The van der Waals surface area contributed by atoms with Crippen molar-refractivity contribution in [2.24, 2.45) is 5.92 Å². The largest absolute Gasteiger partial charge is 0.261 e. The van der Waals surface area contributed by atoms with Crippen molar-refractivity contribution in [3.05, 3.63) is 24.0 Å². The van der Waals surface area contributed by atoms with Crippen LogP contribution in [0.5, 0.6) is 0 Å². The normalized spacial score (nSPS) is 25.2.